The first kappa shape index (κ1) is 14.4. The summed E-state index contributed by atoms with van der Waals surface area (Å²) in [6.45, 7) is 10.6. The molecule has 1 heterocycles. The summed E-state index contributed by atoms with van der Waals surface area (Å²) >= 11 is 0. The molecule has 1 atom stereocenters. The third-order valence-electron chi connectivity index (χ3n) is 3.23. The molecule has 1 fully saturated rings. The van der Waals surface area contributed by atoms with Crippen LogP contribution in [-0.2, 0) is 9.53 Å². The molecule has 0 aliphatic carbocycles. The summed E-state index contributed by atoms with van der Waals surface area (Å²) in [5, 5.41) is 2.84. The van der Waals surface area contributed by atoms with E-state index in [2.05, 4.69) is 22.0 Å². The van der Waals surface area contributed by atoms with E-state index in [-0.39, 0.29) is 5.91 Å². The van der Waals surface area contributed by atoms with E-state index >= 15 is 0 Å². The van der Waals surface area contributed by atoms with Crippen molar-refractivity contribution < 1.29 is 9.53 Å². The summed E-state index contributed by atoms with van der Waals surface area (Å²) in [4.78, 5) is 15.6. The molecule has 1 aliphatic rings. The molecule has 0 radical (unpaired) electrons. The van der Waals surface area contributed by atoms with Crippen molar-refractivity contribution in [1.29, 1.82) is 0 Å². The minimum atomic E-state index is 0.0526. The van der Waals surface area contributed by atoms with E-state index in [9.17, 15) is 4.79 Å². The van der Waals surface area contributed by atoms with Gasteiger partial charge in [-0.1, -0.05) is 0 Å². The van der Waals surface area contributed by atoms with E-state index in [0.717, 1.165) is 45.9 Å². The van der Waals surface area contributed by atoms with E-state index in [4.69, 9.17) is 4.74 Å². The minimum absolute atomic E-state index is 0.0526. The molecule has 1 aliphatic heterocycles. The highest BCUT2D eigenvalue weighted by atomic mass is 16.5. The van der Waals surface area contributed by atoms with E-state index in [1.807, 2.05) is 0 Å². The number of hydrogen-bond donors (Lipinski definition) is 1. The Hall–Kier alpha value is -0.650. The highest BCUT2D eigenvalue weighted by molar-refractivity contribution is 5.72. The third-order valence-corrected chi connectivity index (χ3v) is 3.23. The largest absolute Gasteiger partial charge is 0.383 e. The van der Waals surface area contributed by atoms with E-state index in [1.165, 1.54) is 0 Å². The van der Waals surface area contributed by atoms with Gasteiger partial charge < -0.3 is 10.1 Å². The summed E-state index contributed by atoms with van der Waals surface area (Å²) < 4.78 is 5.11. The van der Waals surface area contributed by atoms with Crippen LogP contribution in [0.3, 0.4) is 0 Å². The molecule has 0 spiro atoms. The number of amides is 1. The van der Waals surface area contributed by atoms with Gasteiger partial charge in [-0.3, -0.25) is 14.6 Å². The van der Waals surface area contributed by atoms with Crippen LogP contribution in [0.4, 0.5) is 0 Å². The molecular weight excluding hydrogens is 218 g/mol. The monoisotopic (exact) mass is 243 g/mol. The Morgan fingerprint density at radius 2 is 2.18 bits per heavy atom. The second kappa shape index (κ2) is 7.63. The van der Waals surface area contributed by atoms with Crippen molar-refractivity contribution in [3.05, 3.63) is 0 Å². The summed E-state index contributed by atoms with van der Waals surface area (Å²) in [5.74, 6) is 0.0526. The summed E-state index contributed by atoms with van der Waals surface area (Å²) in [6.07, 6.45) is 0. The van der Waals surface area contributed by atoms with Crippen LogP contribution in [0.5, 0.6) is 0 Å². The lowest BCUT2D eigenvalue weighted by Crippen LogP contribution is -2.53. The van der Waals surface area contributed by atoms with Crippen LogP contribution in [0, 0.1) is 0 Å². The van der Waals surface area contributed by atoms with Crippen LogP contribution in [0.15, 0.2) is 0 Å². The van der Waals surface area contributed by atoms with Crippen molar-refractivity contribution in [3.8, 4) is 0 Å². The van der Waals surface area contributed by atoms with Crippen molar-refractivity contribution >= 4 is 5.91 Å². The van der Waals surface area contributed by atoms with Crippen LogP contribution in [-0.4, -0.2) is 74.7 Å². The Morgan fingerprint density at radius 3 is 2.76 bits per heavy atom. The standard InChI is InChI=1S/C12H25N3O2/c1-11-10-14(5-4-13-12(2)16)6-7-15(11)8-9-17-3/h11H,4-10H2,1-3H3,(H,13,16)/t11-/m1/s1. The van der Waals surface area contributed by atoms with Crippen molar-refractivity contribution in [2.24, 2.45) is 0 Å². The van der Waals surface area contributed by atoms with Gasteiger partial charge in [0.15, 0.2) is 0 Å². The van der Waals surface area contributed by atoms with Crippen LogP contribution in [0.2, 0.25) is 0 Å². The van der Waals surface area contributed by atoms with Gasteiger partial charge in [-0.25, -0.2) is 0 Å². The van der Waals surface area contributed by atoms with E-state index < -0.39 is 0 Å². The molecule has 1 saturated heterocycles. The predicted octanol–water partition coefficient (Wildman–Crippen LogP) is -0.225. The van der Waals surface area contributed by atoms with Gasteiger partial charge >= 0.3 is 0 Å². The van der Waals surface area contributed by atoms with Crippen molar-refractivity contribution in [3.63, 3.8) is 0 Å². The molecule has 1 amide bonds. The molecule has 0 aromatic rings. The topological polar surface area (TPSA) is 44.8 Å². The summed E-state index contributed by atoms with van der Waals surface area (Å²) in [5.41, 5.74) is 0. The first-order valence-electron chi connectivity index (χ1n) is 6.33. The van der Waals surface area contributed by atoms with Crippen molar-refractivity contribution in [1.82, 2.24) is 15.1 Å². The SMILES string of the molecule is COCCN1CCN(CCNC(C)=O)C[C@H]1C. The minimum Gasteiger partial charge on any atom is -0.383 e. The van der Waals surface area contributed by atoms with Crippen molar-refractivity contribution in [2.45, 2.75) is 19.9 Å². The highest BCUT2D eigenvalue weighted by Gasteiger charge is 2.22. The fraction of sp³-hybridized carbons (Fsp3) is 0.917. The number of hydrogen-bond acceptors (Lipinski definition) is 4. The third kappa shape index (κ3) is 5.48. The Balaban J connectivity index is 2.19. The zero-order valence-electron chi connectivity index (χ0n) is 11.2. The van der Waals surface area contributed by atoms with Gasteiger partial charge in [-0.2, -0.15) is 0 Å². The summed E-state index contributed by atoms with van der Waals surface area (Å²) in [7, 11) is 1.74. The normalized spacial score (nSPS) is 22.6. The van der Waals surface area contributed by atoms with E-state index in [0.29, 0.717) is 6.04 Å². The molecule has 0 bridgehead atoms. The maximum Gasteiger partial charge on any atom is 0.216 e. The molecule has 1 rings (SSSR count). The lowest BCUT2D eigenvalue weighted by atomic mass is 10.2. The second-order valence-corrected chi connectivity index (χ2v) is 4.66. The lowest BCUT2D eigenvalue weighted by Gasteiger charge is -2.39. The molecule has 0 aromatic heterocycles. The number of carbonyl (C=O) groups excluding carboxylic acids is 1. The molecule has 5 nitrogen and oxygen atoms in total. The quantitative estimate of drug-likeness (QED) is 0.700. The first-order valence-corrected chi connectivity index (χ1v) is 6.33. The van der Waals surface area contributed by atoms with Gasteiger partial charge in [-0.05, 0) is 6.92 Å². The van der Waals surface area contributed by atoms with Gasteiger partial charge in [0.25, 0.3) is 0 Å². The van der Waals surface area contributed by atoms with Crippen molar-refractivity contribution in [2.75, 3.05) is 53.0 Å². The maximum atomic E-state index is 10.8. The second-order valence-electron chi connectivity index (χ2n) is 4.66. The molecule has 17 heavy (non-hydrogen) atoms. The predicted molar refractivity (Wildman–Crippen MR) is 68.0 cm³/mol. The van der Waals surface area contributed by atoms with Crippen LogP contribution < -0.4 is 5.32 Å². The zero-order valence-corrected chi connectivity index (χ0v) is 11.2. The van der Waals surface area contributed by atoms with Crippen LogP contribution in [0.1, 0.15) is 13.8 Å². The number of nitrogens with zero attached hydrogens (tertiary/aromatic N) is 2. The molecule has 1 N–H and O–H groups in total. The summed E-state index contributed by atoms with van der Waals surface area (Å²) in [6, 6.07) is 0.566. The molecule has 0 aromatic carbocycles. The lowest BCUT2D eigenvalue weighted by molar-refractivity contribution is -0.119. The molecule has 100 valence electrons. The van der Waals surface area contributed by atoms with Gasteiger partial charge in [0.1, 0.15) is 0 Å². The van der Waals surface area contributed by atoms with Gasteiger partial charge in [0.2, 0.25) is 5.91 Å². The number of ether oxygens (including phenoxy) is 1. The maximum absolute atomic E-state index is 10.8. The fourth-order valence-electron chi connectivity index (χ4n) is 2.20. The Morgan fingerprint density at radius 1 is 1.41 bits per heavy atom. The number of nitrogens with one attached hydrogen (secondary N) is 1. The first-order chi connectivity index (χ1) is 8.13. The molecule has 0 saturated carbocycles. The van der Waals surface area contributed by atoms with E-state index in [1.54, 1.807) is 14.0 Å². The molecule has 5 heteroatoms. The number of rotatable bonds is 6. The Labute approximate surface area is 104 Å². The highest BCUT2D eigenvalue weighted by Crippen LogP contribution is 2.08. The number of piperazine rings is 1. The van der Waals surface area contributed by atoms with Crippen LogP contribution in [0.25, 0.3) is 0 Å². The number of methoxy groups -OCH3 is 1. The Bertz CT molecular complexity index is 236. The van der Waals surface area contributed by atoms with Gasteiger partial charge in [0, 0.05) is 59.3 Å². The molecule has 0 unspecified atom stereocenters. The fourth-order valence-corrected chi connectivity index (χ4v) is 2.20. The average molecular weight is 243 g/mol. The molecular formula is C12H25N3O2. The smallest absolute Gasteiger partial charge is 0.216 e. The van der Waals surface area contributed by atoms with Gasteiger partial charge in [0.05, 0.1) is 6.61 Å². The van der Waals surface area contributed by atoms with Crippen LogP contribution >= 0.6 is 0 Å². The average Bonchev–Trinajstić information content (AvgIpc) is 2.27. The van der Waals surface area contributed by atoms with Gasteiger partial charge in [-0.15, -0.1) is 0 Å². The Kier molecular flexibility index (Phi) is 6.47. The number of carbonyl (C=O) groups is 1. The zero-order chi connectivity index (χ0) is 12.7.